The van der Waals surface area contributed by atoms with Crippen LogP contribution in [0.3, 0.4) is 0 Å². The molecule has 1 aromatic heterocycles. The first-order chi connectivity index (χ1) is 19.2. The standard InChI is InChI=1S/C33H33FN2O4/c1-18-12-21(33-35-20(3)16-36(33)4)13-19(2)31(18)25-8-10-27(34)32-26(25)9-11-28(32)40-23-6-7-24-22(14-30(37)38-5)17-39-29(24)15-23/h6-8,10,12-13,15-16,22,28H,9,11,14,17H2,1-5H3/t22-,28-/m1/s1. The lowest BCUT2D eigenvalue weighted by molar-refractivity contribution is -0.141. The Morgan fingerprint density at radius 1 is 1.12 bits per heavy atom. The zero-order valence-corrected chi connectivity index (χ0v) is 23.5. The molecule has 7 heteroatoms. The van der Waals surface area contributed by atoms with E-state index in [1.807, 2.05) is 49.0 Å². The van der Waals surface area contributed by atoms with Crippen molar-refractivity contribution in [2.45, 2.75) is 52.1 Å². The molecule has 0 amide bonds. The van der Waals surface area contributed by atoms with Crippen molar-refractivity contribution in [1.82, 2.24) is 9.55 Å². The van der Waals surface area contributed by atoms with Crippen molar-refractivity contribution in [3.05, 3.63) is 88.0 Å². The van der Waals surface area contributed by atoms with Gasteiger partial charge < -0.3 is 18.8 Å². The van der Waals surface area contributed by atoms with Gasteiger partial charge in [0.1, 0.15) is 29.2 Å². The maximum absolute atomic E-state index is 15.3. The van der Waals surface area contributed by atoms with E-state index in [0.717, 1.165) is 56.9 Å². The highest BCUT2D eigenvalue weighted by Crippen LogP contribution is 2.45. The van der Waals surface area contributed by atoms with Crippen molar-refractivity contribution in [2.75, 3.05) is 13.7 Å². The normalized spacial score (nSPS) is 17.4. The average Bonchev–Trinajstić information content (AvgIpc) is 3.62. The Balaban J connectivity index is 1.30. The van der Waals surface area contributed by atoms with E-state index in [2.05, 4.69) is 26.0 Å². The fraction of sp³-hybridized carbons (Fsp3) is 0.333. The molecule has 6 rings (SSSR count). The van der Waals surface area contributed by atoms with E-state index in [1.54, 1.807) is 6.07 Å². The lowest BCUT2D eigenvalue weighted by Gasteiger charge is -2.19. The third-order valence-electron chi connectivity index (χ3n) is 8.12. The first-order valence-electron chi connectivity index (χ1n) is 13.7. The SMILES string of the molecule is COC(=O)C[C@@H]1COc2cc(O[C@@H]3CCc4c(-c5c(C)cc(-c6nc(C)cn6C)cc5C)ccc(F)c43)ccc21. The van der Waals surface area contributed by atoms with Crippen molar-refractivity contribution in [3.63, 3.8) is 0 Å². The summed E-state index contributed by atoms with van der Waals surface area (Å²) in [5.74, 6) is 1.72. The van der Waals surface area contributed by atoms with Gasteiger partial charge in [-0.25, -0.2) is 9.37 Å². The Kier molecular flexibility index (Phi) is 6.61. The molecule has 206 valence electrons. The van der Waals surface area contributed by atoms with Crippen LogP contribution in [0.4, 0.5) is 4.39 Å². The molecule has 4 aromatic rings. The van der Waals surface area contributed by atoms with Gasteiger partial charge in [-0.05, 0) is 85.7 Å². The van der Waals surface area contributed by atoms with Gasteiger partial charge in [0.05, 0.1) is 25.8 Å². The summed E-state index contributed by atoms with van der Waals surface area (Å²) in [7, 11) is 3.40. The quantitative estimate of drug-likeness (QED) is 0.248. The maximum Gasteiger partial charge on any atom is 0.306 e. The molecule has 1 aliphatic carbocycles. The first-order valence-corrected chi connectivity index (χ1v) is 13.7. The number of aromatic nitrogens is 2. The predicted molar refractivity (Wildman–Crippen MR) is 151 cm³/mol. The van der Waals surface area contributed by atoms with Gasteiger partial charge in [-0.2, -0.15) is 0 Å². The molecule has 0 bridgehead atoms. The number of carbonyl (C=O) groups is 1. The number of benzene rings is 3. The van der Waals surface area contributed by atoms with Crippen LogP contribution in [-0.2, 0) is 23.0 Å². The van der Waals surface area contributed by atoms with Crippen molar-refractivity contribution in [1.29, 1.82) is 0 Å². The van der Waals surface area contributed by atoms with Gasteiger partial charge >= 0.3 is 5.97 Å². The molecule has 40 heavy (non-hydrogen) atoms. The van der Waals surface area contributed by atoms with Crippen LogP contribution >= 0.6 is 0 Å². The Bertz CT molecular complexity index is 1620. The number of aryl methyl sites for hydroxylation is 4. The van der Waals surface area contributed by atoms with Gasteiger partial charge in [-0.1, -0.05) is 12.1 Å². The largest absolute Gasteiger partial charge is 0.492 e. The van der Waals surface area contributed by atoms with Gasteiger partial charge in [0.25, 0.3) is 0 Å². The average molecular weight is 541 g/mol. The smallest absolute Gasteiger partial charge is 0.306 e. The third kappa shape index (κ3) is 4.53. The van der Waals surface area contributed by atoms with E-state index >= 15 is 4.39 Å². The summed E-state index contributed by atoms with van der Waals surface area (Å²) in [6.45, 7) is 6.64. The highest BCUT2D eigenvalue weighted by Gasteiger charge is 2.32. The third-order valence-corrected chi connectivity index (χ3v) is 8.12. The number of esters is 1. The van der Waals surface area contributed by atoms with E-state index in [0.29, 0.717) is 30.1 Å². The highest BCUT2D eigenvalue weighted by atomic mass is 19.1. The van der Waals surface area contributed by atoms with Crippen molar-refractivity contribution < 1.29 is 23.4 Å². The van der Waals surface area contributed by atoms with Crippen LogP contribution in [0.15, 0.2) is 48.7 Å². The second-order valence-electron chi connectivity index (χ2n) is 10.9. The van der Waals surface area contributed by atoms with Crippen LogP contribution in [0.1, 0.15) is 58.4 Å². The summed E-state index contributed by atoms with van der Waals surface area (Å²) in [6.07, 6.45) is 3.32. The number of fused-ring (bicyclic) bond motifs is 2. The second kappa shape index (κ2) is 10.1. The minimum atomic E-state index is -0.393. The van der Waals surface area contributed by atoms with Gasteiger partial charge in [0, 0.05) is 41.9 Å². The maximum atomic E-state index is 15.3. The van der Waals surface area contributed by atoms with Gasteiger partial charge in [-0.3, -0.25) is 4.79 Å². The van der Waals surface area contributed by atoms with Crippen molar-refractivity contribution >= 4 is 5.97 Å². The lowest BCUT2D eigenvalue weighted by Crippen LogP contribution is -2.09. The molecule has 0 saturated carbocycles. The molecule has 0 radical (unpaired) electrons. The number of imidazole rings is 1. The minimum Gasteiger partial charge on any atom is -0.492 e. The highest BCUT2D eigenvalue weighted by molar-refractivity contribution is 5.79. The molecule has 1 aliphatic heterocycles. The number of methoxy groups -OCH3 is 1. The molecule has 6 nitrogen and oxygen atoms in total. The molecule has 0 saturated heterocycles. The minimum absolute atomic E-state index is 0.0389. The number of carbonyl (C=O) groups excluding carboxylic acids is 1. The zero-order valence-electron chi connectivity index (χ0n) is 23.5. The summed E-state index contributed by atoms with van der Waals surface area (Å²) in [5, 5.41) is 0. The van der Waals surface area contributed by atoms with Crippen LogP contribution in [-0.4, -0.2) is 29.2 Å². The number of hydrogen-bond acceptors (Lipinski definition) is 5. The molecule has 2 aliphatic rings. The topological polar surface area (TPSA) is 62.6 Å². The Hall–Kier alpha value is -4.13. The monoisotopic (exact) mass is 540 g/mol. The van der Waals surface area contributed by atoms with E-state index in [1.165, 1.54) is 7.11 Å². The van der Waals surface area contributed by atoms with Crippen molar-refractivity contribution in [2.24, 2.45) is 7.05 Å². The molecule has 0 N–H and O–H groups in total. The van der Waals surface area contributed by atoms with Gasteiger partial charge in [0.15, 0.2) is 0 Å². The number of rotatable bonds is 6. The molecular weight excluding hydrogens is 507 g/mol. The van der Waals surface area contributed by atoms with E-state index < -0.39 is 6.10 Å². The second-order valence-corrected chi connectivity index (χ2v) is 10.9. The van der Waals surface area contributed by atoms with Crippen molar-refractivity contribution in [3.8, 4) is 34.0 Å². The van der Waals surface area contributed by atoms with Crippen LogP contribution in [0.2, 0.25) is 0 Å². The van der Waals surface area contributed by atoms with E-state index in [-0.39, 0.29) is 24.1 Å². The first kappa shape index (κ1) is 26.1. The summed E-state index contributed by atoms with van der Waals surface area (Å²) < 4.78 is 34.4. The summed E-state index contributed by atoms with van der Waals surface area (Å²) in [5.41, 5.74) is 9.11. The van der Waals surface area contributed by atoms with Crippen LogP contribution in [0.5, 0.6) is 11.5 Å². The molecular formula is C33H33FN2O4. The van der Waals surface area contributed by atoms with E-state index in [4.69, 9.17) is 19.2 Å². The molecule has 2 atom stereocenters. The Morgan fingerprint density at radius 2 is 1.90 bits per heavy atom. The number of nitrogens with zero attached hydrogens (tertiary/aromatic N) is 2. The van der Waals surface area contributed by atoms with Crippen LogP contribution in [0, 0.1) is 26.6 Å². The summed E-state index contributed by atoms with van der Waals surface area (Å²) in [4.78, 5) is 16.4. The molecule has 0 spiro atoms. The lowest BCUT2D eigenvalue weighted by atomic mass is 9.89. The fourth-order valence-electron chi connectivity index (χ4n) is 6.38. The molecule has 3 aromatic carbocycles. The zero-order chi connectivity index (χ0) is 28.1. The van der Waals surface area contributed by atoms with E-state index in [9.17, 15) is 4.79 Å². The molecule has 0 unspecified atom stereocenters. The number of hydrogen-bond donors (Lipinski definition) is 0. The summed E-state index contributed by atoms with van der Waals surface area (Å²) in [6, 6.07) is 13.5. The summed E-state index contributed by atoms with van der Waals surface area (Å²) >= 11 is 0. The fourth-order valence-corrected chi connectivity index (χ4v) is 6.38. The van der Waals surface area contributed by atoms with Crippen LogP contribution < -0.4 is 9.47 Å². The van der Waals surface area contributed by atoms with Crippen LogP contribution in [0.25, 0.3) is 22.5 Å². The predicted octanol–water partition coefficient (Wildman–Crippen LogP) is 6.92. The number of ether oxygens (including phenoxy) is 3. The molecule has 2 heterocycles. The van der Waals surface area contributed by atoms with Gasteiger partial charge in [-0.15, -0.1) is 0 Å². The van der Waals surface area contributed by atoms with Gasteiger partial charge in [0.2, 0.25) is 0 Å². The number of halogens is 1. The molecule has 0 fully saturated rings. The Labute approximate surface area is 233 Å². The Morgan fingerprint density at radius 3 is 2.60 bits per heavy atom.